The molecule has 146 valence electrons. The zero-order valence-corrected chi connectivity index (χ0v) is 15.8. The molecule has 1 spiro atoms. The standard InChI is InChI=1S/C19H27N5O3/c1-12(2)11-27-15-7-6-13(16(25)26)10-14(15)24-18(21)22-17(20)23-19(24)8-4-3-5-9-19/h6-7,10,12H,3-5,8-9,11H2,1-2H3,(H,25,26)(H4,20,21,22,23). The van der Waals surface area contributed by atoms with E-state index in [1.807, 2.05) is 4.90 Å². The third-order valence-corrected chi connectivity index (χ3v) is 4.87. The monoisotopic (exact) mass is 373 g/mol. The van der Waals surface area contributed by atoms with Crippen LogP contribution in [0.25, 0.3) is 0 Å². The van der Waals surface area contributed by atoms with Gasteiger partial charge in [-0.1, -0.05) is 20.3 Å². The molecule has 0 amide bonds. The normalized spacial score (nSPS) is 19.0. The summed E-state index contributed by atoms with van der Waals surface area (Å²) >= 11 is 0. The Labute approximate surface area is 158 Å². The first-order valence-electron chi connectivity index (χ1n) is 9.32. The van der Waals surface area contributed by atoms with Gasteiger partial charge in [-0.2, -0.15) is 4.99 Å². The minimum absolute atomic E-state index is 0.156. The Morgan fingerprint density at radius 3 is 2.63 bits per heavy atom. The average molecular weight is 373 g/mol. The molecule has 3 rings (SSSR count). The van der Waals surface area contributed by atoms with Crippen molar-refractivity contribution >= 4 is 23.6 Å². The molecule has 0 unspecified atom stereocenters. The lowest BCUT2D eigenvalue weighted by Crippen LogP contribution is -2.58. The number of hydrogen-bond acceptors (Lipinski definition) is 7. The van der Waals surface area contributed by atoms with Crippen molar-refractivity contribution in [2.24, 2.45) is 27.4 Å². The largest absolute Gasteiger partial charge is 0.491 e. The molecule has 8 heteroatoms. The van der Waals surface area contributed by atoms with Gasteiger partial charge < -0.3 is 21.3 Å². The highest BCUT2D eigenvalue weighted by Gasteiger charge is 2.43. The van der Waals surface area contributed by atoms with Crippen molar-refractivity contribution in [3.8, 4) is 5.75 Å². The quantitative estimate of drug-likeness (QED) is 0.728. The van der Waals surface area contributed by atoms with E-state index in [4.69, 9.17) is 16.2 Å². The van der Waals surface area contributed by atoms with Crippen molar-refractivity contribution in [1.29, 1.82) is 0 Å². The van der Waals surface area contributed by atoms with E-state index in [0.29, 0.717) is 24.0 Å². The van der Waals surface area contributed by atoms with Gasteiger partial charge in [0.05, 0.1) is 17.9 Å². The molecule has 1 saturated carbocycles. The summed E-state index contributed by atoms with van der Waals surface area (Å²) in [5, 5.41) is 9.46. The Bertz CT molecular complexity index is 782. The van der Waals surface area contributed by atoms with Crippen LogP contribution in [0.1, 0.15) is 56.3 Å². The summed E-state index contributed by atoms with van der Waals surface area (Å²) in [5.74, 6) is 0.236. The topological polar surface area (TPSA) is 127 Å². The van der Waals surface area contributed by atoms with E-state index in [0.717, 1.165) is 32.1 Å². The Kier molecular flexibility index (Phi) is 5.25. The number of rotatable bonds is 5. The molecule has 1 fully saturated rings. The summed E-state index contributed by atoms with van der Waals surface area (Å²) in [4.78, 5) is 22.1. The molecule has 27 heavy (non-hydrogen) atoms. The molecule has 0 radical (unpaired) electrons. The molecule has 5 N–H and O–H groups in total. The highest BCUT2D eigenvalue weighted by Crippen LogP contribution is 2.43. The van der Waals surface area contributed by atoms with Gasteiger partial charge in [0, 0.05) is 0 Å². The maximum Gasteiger partial charge on any atom is 0.335 e. The average Bonchev–Trinajstić information content (AvgIpc) is 2.60. The summed E-state index contributed by atoms with van der Waals surface area (Å²) in [5.41, 5.74) is 12.3. The van der Waals surface area contributed by atoms with Crippen molar-refractivity contribution in [3.05, 3.63) is 23.8 Å². The number of carbonyl (C=O) groups is 1. The summed E-state index contributed by atoms with van der Waals surface area (Å²) in [7, 11) is 0. The van der Waals surface area contributed by atoms with Crippen LogP contribution in [0.5, 0.6) is 5.75 Å². The van der Waals surface area contributed by atoms with E-state index in [9.17, 15) is 9.90 Å². The van der Waals surface area contributed by atoms with Gasteiger partial charge in [0.15, 0.2) is 0 Å². The van der Waals surface area contributed by atoms with Gasteiger partial charge in [-0.15, -0.1) is 0 Å². The Morgan fingerprint density at radius 2 is 2.00 bits per heavy atom. The van der Waals surface area contributed by atoms with Crippen LogP contribution in [0, 0.1) is 5.92 Å². The van der Waals surface area contributed by atoms with E-state index >= 15 is 0 Å². The Hall–Kier alpha value is -2.77. The van der Waals surface area contributed by atoms with E-state index < -0.39 is 11.6 Å². The van der Waals surface area contributed by atoms with Gasteiger partial charge in [-0.25, -0.2) is 9.79 Å². The van der Waals surface area contributed by atoms with Crippen molar-refractivity contribution in [3.63, 3.8) is 0 Å². The number of carboxylic acids is 1. The van der Waals surface area contributed by atoms with Crippen LogP contribution in [0.4, 0.5) is 5.69 Å². The van der Waals surface area contributed by atoms with Crippen LogP contribution in [0.2, 0.25) is 0 Å². The van der Waals surface area contributed by atoms with Crippen molar-refractivity contribution in [2.75, 3.05) is 11.5 Å². The number of nitrogens with two attached hydrogens (primary N) is 2. The molecule has 1 aliphatic carbocycles. The Balaban J connectivity index is 2.11. The Morgan fingerprint density at radius 1 is 1.30 bits per heavy atom. The first-order valence-corrected chi connectivity index (χ1v) is 9.32. The lowest BCUT2D eigenvalue weighted by atomic mass is 9.87. The molecule has 1 aromatic rings. The smallest absolute Gasteiger partial charge is 0.335 e. The lowest BCUT2D eigenvalue weighted by molar-refractivity contribution is 0.0697. The lowest BCUT2D eigenvalue weighted by Gasteiger charge is -2.46. The van der Waals surface area contributed by atoms with E-state index in [2.05, 4.69) is 23.8 Å². The number of benzene rings is 1. The van der Waals surface area contributed by atoms with Crippen molar-refractivity contribution in [2.45, 2.75) is 51.6 Å². The van der Waals surface area contributed by atoms with Crippen LogP contribution < -0.4 is 21.1 Å². The third kappa shape index (κ3) is 3.84. The van der Waals surface area contributed by atoms with Crippen LogP contribution in [-0.4, -0.2) is 35.3 Å². The molecule has 8 nitrogen and oxygen atoms in total. The molecule has 1 aromatic carbocycles. The minimum atomic E-state index is -1.01. The molecule has 1 aliphatic heterocycles. The molecular formula is C19H27N5O3. The molecule has 0 atom stereocenters. The first kappa shape index (κ1) is 19.0. The summed E-state index contributed by atoms with van der Waals surface area (Å²) in [6, 6.07) is 4.78. The number of aromatic carboxylic acids is 1. The molecule has 0 bridgehead atoms. The number of carboxylic acid groups (broad SMARTS) is 1. The second kappa shape index (κ2) is 7.46. The number of guanidine groups is 2. The highest BCUT2D eigenvalue weighted by atomic mass is 16.5. The van der Waals surface area contributed by atoms with E-state index in [1.165, 1.54) is 6.07 Å². The van der Waals surface area contributed by atoms with Crippen LogP contribution in [0.15, 0.2) is 28.2 Å². The zero-order valence-electron chi connectivity index (χ0n) is 15.8. The first-order chi connectivity index (χ1) is 12.8. The van der Waals surface area contributed by atoms with Gasteiger partial charge in [0.2, 0.25) is 11.9 Å². The highest BCUT2D eigenvalue weighted by molar-refractivity contribution is 6.07. The maximum absolute atomic E-state index is 11.5. The molecular weight excluding hydrogens is 346 g/mol. The van der Waals surface area contributed by atoms with Crippen molar-refractivity contribution in [1.82, 2.24) is 0 Å². The van der Waals surface area contributed by atoms with Gasteiger partial charge >= 0.3 is 5.97 Å². The summed E-state index contributed by atoms with van der Waals surface area (Å²) in [6.45, 7) is 4.61. The fourth-order valence-corrected chi connectivity index (χ4v) is 3.67. The molecule has 0 aromatic heterocycles. The second-order valence-electron chi connectivity index (χ2n) is 7.51. The molecule has 2 aliphatic rings. The summed E-state index contributed by atoms with van der Waals surface area (Å²) < 4.78 is 5.97. The van der Waals surface area contributed by atoms with Crippen LogP contribution in [-0.2, 0) is 0 Å². The zero-order chi connectivity index (χ0) is 19.6. The fraction of sp³-hybridized carbons (Fsp3) is 0.526. The van der Waals surface area contributed by atoms with Gasteiger partial charge in [-0.05, 0) is 49.8 Å². The van der Waals surface area contributed by atoms with E-state index in [-0.39, 0.29) is 17.5 Å². The number of ether oxygens (including phenoxy) is 1. The number of nitrogens with zero attached hydrogens (tertiary/aromatic N) is 3. The van der Waals surface area contributed by atoms with Crippen molar-refractivity contribution < 1.29 is 14.6 Å². The van der Waals surface area contributed by atoms with Gasteiger partial charge in [0.1, 0.15) is 11.4 Å². The van der Waals surface area contributed by atoms with Crippen LogP contribution in [0.3, 0.4) is 0 Å². The van der Waals surface area contributed by atoms with Gasteiger partial charge in [0.25, 0.3) is 0 Å². The number of anilines is 1. The van der Waals surface area contributed by atoms with Gasteiger partial charge in [-0.3, -0.25) is 4.90 Å². The van der Waals surface area contributed by atoms with E-state index in [1.54, 1.807) is 12.1 Å². The van der Waals surface area contributed by atoms with Crippen LogP contribution >= 0.6 is 0 Å². The maximum atomic E-state index is 11.5. The number of aliphatic imine (C=N–C) groups is 2. The number of hydrogen-bond donors (Lipinski definition) is 3. The molecule has 1 heterocycles. The predicted octanol–water partition coefficient (Wildman–Crippen LogP) is 2.53. The SMILES string of the molecule is CC(C)COc1ccc(C(=O)O)cc1N1C(N)=NC(N)=NC12CCCCC2. The summed E-state index contributed by atoms with van der Waals surface area (Å²) in [6.07, 6.45) is 4.63. The minimum Gasteiger partial charge on any atom is -0.491 e. The predicted molar refractivity (Wildman–Crippen MR) is 105 cm³/mol. The second-order valence-corrected chi connectivity index (χ2v) is 7.51. The fourth-order valence-electron chi connectivity index (χ4n) is 3.67. The third-order valence-electron chi connectivity index (χ3n) is 4.87. The molecule has 0 saturated heterocycles.